The van der Waals surface area contributed by atoms with Gasteiger partial charge in [-0.25, -0.2) is 4.98 Å². The molecule has 2 aromatic carbocycles. The standard InChI is InChI=1S/C24H24ClN7O2/c1-13-8-19(20(34-4)11-17(13)15-6-5-7-16(10-15)23(33)26-3)28-24-27-12-18(25)22(30-24)29-21-9-14(2)31-32-21/h5-12H,1-4H3,(H,26,33)(H3,27,28,29,30,31,32). The number of halogens is 1. The van der Waals surface area contributed by atoms with Gasteiger partial charge in [0.2, 0.25) is 5.95 Å². The number of methoxy groups -OCH3 is 1. The van der Waals surface area contributed by atoms with Crippen LogP contribution in [0.4, 0.5) is 23.3 Å². The van der Waals surface area contributed by atoms with Gasteiger partial charge in [0.05, 0.1) is 19.0 Å². The second kappa shape index (κ2) is 9.80. The molecule has 0 aliphatic heterocycles. The normalized spacial score (nSPS) is 10.6. The summed E-state index contributed by atoms with van der Waals surface area (Å²) in [5.74, 6) is 1.82. The van der Waals surface area contributed by atoms with Crippen molar-refractivity contribution >= 4 is 40.8 Å². The highest BCUT2D eigenvalue weighted by Gasteiger charge is 2.14. The first kappa shape index (κ1) is 23.1. The Morgan fingerprint density at radius 3 is 2.65 bits per heavy atom. The first-order valence-electron chi connectivity index (χ1n) is 10.5. The molecule has 0 radical (unpaired) electrons. The van der Waals surface area contributed by atoms with E-state index in [2.05, 4.69) is 36.1 Å². The zero-order valence-corrected chi connectivity index (χ0v) is 19.9. The van der Waals surface area contributed by atoms with Crippen molar-refractivity contribution in [3.63, 3.8) is 0 Å². The molecule has 0 atom stereocenters. The Kier molecular flexibility index (Phi) is 6.65. The van der Waals surface area contributed by atoms with E-state index in [9.17, 15) is 4.79 Å². The Balaban J connectivity index is 1.64. The number of aromatic amines is 1. The van der Waals surface area contributed by atoms with Gasteiger partial charge in [0.15, 0.2) is 11.6 Å². The SMILES string of the molecule is CNC(=O)c1cccc(-c2cc(OC)c(Nc3ncc(Cl)c(Nc4cc(C)[nH]n4)n3)cc2C)c1. The lowest BCUT2D eigenvalue weighted by atomic mass is 9.97. The average molecular weight is 478 g/mol. The van der Waals surface area contributed by atoms with Crippen molar-refractivity contribution in [3.05, 3.63) is 70.5 Å². The minimum atomic E-state index is -0.140. The van der Waals surface area contributed by atoms with Crippen LogP contribution in [0.25, 0.3) is 11.1 Å². The fourth-order valence-corrected chi connectivity index (χ4v) is 3.62. The number of nitrogens with zero attached hydrogens (tertiary/aromatic N) is 3. The molecule has 9 nitrogen and oxygen atoms in total. The van der Waals surface area contributed by atoms with Crippen molar-refractivity contribution in [2.75, 3.05) is 24.8 Å². The first-order chi connectivity index (χ1) is 16.4. The summed E-state index contributed by atoms with van der Waals surface area (Å²) in [5.41, 5.74) is 5.02. The van der Waals surface area contributed by atoms with E-state index in [1.807, 2.05) is 50.2 Å². The number of anilines is 4. The van der Waals surface area contributed by atoms with Crippen LogP contribution in [0.2, 0.25) is 5.02 Å². The molecule has 4 N–H and O–H groups in total. The van der Waals surface area contributed by atoms with Gasteiger partial charge in [0, 0.05) is 24.4 Å². The molecule has 4 aromatic rings. The number of rotatable bonds is 7. The van der Waals surface area contributed by atoms with Gasteiger partial charge in [-0.05, 0) is 54.8 Å². The number of aryl methyl sites for hydroxylation is 2. The molecule has 0 unspecified atom stereocenters. The largest absolute Gasteiger partial charge is 0.495 e. The molecule has 1 amide bonds. The molecule has 2 heterocycles. The first-order valence-corrected chi connectivity index (χ1v) is 10.9. The Morgan fingerprint density at radius 1 is 1.12 bits per heavy atom. The summed E-state index contributed by atoms with van der Waals surface area (Å²) >= 11 is 6.27. The van der Waals surface area contributed by atoms with Crippen molar-refractivity contribution in [1.29, 1.82) is 0 Å². The molecule has 0 saturated carbocycles. The molecule has 0 bridgehead atoms. The van der Waals surface area contributed by atoms with Crippen LogP contribution in [0.1, 0.15) is 21.6 Å². The number of carbonyl (C=O) groups is 1. The second-order valence-electron chi connectivity index (χ2n) is 7.60. The molecule has 0 aliphatic rings. The van der Waals surface area contributed by atoms with E-state index >= 15 is 0 Å². The molecule has 0 spiro atoms. The van der Waals surface area contributed by atoms with Gasteiger partial charge in [-0.1, -0.05) is 23.7 Å². The minimum absolute atomic E-state index is 0.140. The molecule has 174 valence electrons. The van der Waals surface area contributed by atoms with Gasteiger partial charge in [0.1, 0.15) is 10.8 Å². The summed E-state index contributed by atoms with van der Waals surface area (Å²) in [7, 11) is 3.20. The molecule has 2 aromatic heterocycles. The lowest BCUT2D eigenvalue weighted by molar-refractivity contribution is 0.0963. The van der Waals surface area contributed by atoms with Gasteiger partial charge in [-0.15, -0.1) is 0 Å². The van der Waals surface area contributed by atoms with Crippen LogP contribution in [-0.2, 0) is 0 Å². The highest BCUT2D eigenvalue weighted by Crippen LogP contribution is 2.36. The fraction of sp³-hybridized carbons (Fsp3) is 0.167. The van der Waals surface area contributed by atoms with E-state index in [1.54, 1.807) is 20.2 Å². The number of hydrogen-bond donors (Lipinski definition) is 4. The predicted octanol–water partition coefficient (Wildman–Crippen LogP) is 4.99. The zero-order chi connectivity index (χ0) is 24.2. The Hall–Kier alpha value is -4.11. The van der Waals surface area contributed by atoms with Crippen LogP contribution >= 0.6 is 11.6 Å². The number of ether oxygens (including phenoxy) is 1. The van der Waals surface area contributed by atoms with Gasteiger partial charge < -0.3 is 20.7 Å². The maximum absolute atomic E-state index is 12.1. The number of H-pyrrole nitrogens is 1. The number of benzene rings is 2. The number of carbonyl (C=O) groups excluding carboxylic acids is 1. The third-order valence-corrected chi connectivity index (χ3v) is 5.43. The Labute approximate surface area is 201 Å². The van der Waals surface area contributed by atoms with E-state index < -0.39 is 0 Å². The molecule has 0 saturated heterocycles. The molecule has 10 heteroatoms. The van der Waals surface area contributed by atoms with Crippen molar-refractivity contribution in [3.8, 4) is 16.9 Å². The number of aromatic nitrogens is 4. The molecular weight excluding hydrogens is 454 g/mol. The summed E-state index contributed by atoms with van der Waals surface area (Å²) < 4.78 is 5.63. The summed E-state index contributed by atoms with van der Waals surface area (Å²) in [6, 6.07) is 13.2. The maximum Gasteiger partial charge on any atom is 0.251 e. The van der Waals surface area contributed by atoms with Crippen molar-refractivity contribution in [2.45, 2.75) is 13.8 Å². The second-order valence-corrected chi connectivity index (χ2v) is 8.01. The van der Waals surface area contributed by atoms with Crippen LogP contribution in [0.15, 0.2) is 48.7 Å². The molecular formula is C24H24ClN7O2. The molecule has 4 rings (SSSR count). The van der Waals surface area contributed by atoms with Crippen LogP contribution in [0.3, 0.4) is 0 Å². The maximum atomic E-state index is 12.1. The predicted molar refractivity (Wildman–Crippen MR) is 133 cm³/mol. The number of nitrogens with one attached hydrogen (secondary N) is 4. The van der Waals surface area contributed by atoms with Crippen molar-refractivity contribution in [2.24, 2.45) is 0 Å². The van der Waals surface area contributed by atoms with Gasteiger partial charge in [-0.3, -0.25) is 9.89 Å². The van der Waals surface area contributed by atoms with E-state index in [1.165, 1.54) is 6.20 Å². The van der Waals surface area contributed by atoms with E-state index in [-0.39, 0.29) is 5.91 Å². The quantitative estimate of drug-likeness (QED) is 0.296. The van der Waals surface area contributed by atoms with Gasteiger partial charge in [0.25, 0.3) is 5.91 Å². The van der Waals surface area contributed by atoms with Crippen LogP contribution in [0, 0.1) is 13.8 Å². The lowest BCUT2D eigenvalue weighted by Gasteiger charge is -2.16. The van der Waals surface area contributed by atoms with Crippen LogP contribution in [-0.4, -0.2) is 40.2 Å². The van der Waals surface area contributed by atoms with Crippen molar-refractivity contribution < 1.29 is 9.53 Å². The third kappa shape index (κ3) is 4.94. The zero-order valence-electron chi connectivity index (χ0n) is 19.2. The highest BCUT2D eigenvalue weighted by molar-refractivity contribution is 6.32. The number of hydrogen-bond acceptors (Lipinski definition) is 7. The summed E-state index contributed by atoms with van der Waals surface area (Å²) in [6.45, 7) is 3.89. The van der Waals surface area contributed by atoms with Crippen molar-refractivity contribution in [1.82, 2.24) is 25.5 Å². The highest BCUT2D eigenvalue weighted by atomic mass is 35.5. The average Bonchev–Trinajstić information content (AvgIpc) is 3.25. The summed E-state index contributed by atoms with van der Waals surface area (Å²) in [4.78, 5) is 20.8. The topological polar surface area (TPSA) is 117 Å². The van der Waals surface area contributed by atoms with E-state index in [4.69, 9.17) is 16.3 Å². The smallest absolute Gasteiger partial charge is 0.251 e. The summed E-state index contributed by atoms with van der Waals surface area (Å²) in [6.07, 6.45) is 1.51. The van der Waals surface area contributed by atoms with Crippen LogP contribution < -0.4 is 20.7 Å². The minimum Gasteiger partial charge on any atom is -0.495 e. The summed E-state index contributed by atoms with van der Waals surface area (Å²) in [5, 5.41) is 16.3. The third-order valence-electron chi connectivity index (χ3n) is 5.15. The number of amides is 1. The molecule has 0 fully saturated rings. The lowest BCUT2D eigenvalue weighted by Crippen LogP contribution is -2.17. The fourth-order valence-electron chi connectivity index (χ4n) is 3.48. The van der Waals surface area contributed by atoms with E-state index in [0.29, 0.717) is 39.6 Å². The monoisotopic (exact) mass is 477 g/mol. The van der Waals surface area contributed by atoms with Gasteiger partial charge >= 0.3 is 0 Å². The molecule has 0 aliphatic carbocycles. The molecule has 34 heavy (non-hydrogen) atoms. The van der Waals surface area contributed by atoms with E-state index in [0.717, 1.165) is 22.4 Å². The Bertz CT molecular complexity index is 1350. The Morgan fingerprint density at radius 2 is 1.94 bits per heavy atom. The van der Waals surface area contributed by atoms with Crippen LogP contribution in [0.5, 0.6) is 5.75 Å². The van der Waals surface area contributed by atoms with Gasteiger partial charge in [-0.2, -0.15) is 10.1 Å².